The molecule has 1 aliphatic heterocycles. The van der Waals surface area contributed by atoms with Crippen molar-refractivity contribution in [3.8, 4) is 5.75 Å². The van der Waals surface area contributed by atoms with Gasteiger partial charge in [0.15, 0.2) is 0 Å². The highest BCUT2D eigenvalue weighted by Crippen LogP contribution is 2.30. The molecule has 1 aliphatic rings. The smallest absolute Gasteiger partial charge is 0.253 e. The SMILES string of the molecule is COc1ccc2c(c1)C(CNCC=N)CN(C)C2=O. The maximum atomic E-state index is 12.1. The minimum absolute atomic E-state index is 0.0564. The number of hydrogen-bond donors (Lipinski definition) is 2. The van der Waals surface area contributed by atoms with Gasteiger partial charge in [0, 0.05) is 44.4 Å². The second kappa shape index (κ2) is 5.84. The van der Waals surface area contributed by atoms with Crippen molar-refractivity contribution < 1.29 is 9.53 Å². The van der Waals surface area contributed by atoms with Crippen LogP contribution < -0.4 is 10.1 Å². The summed E-state index contributed by atoms with van der Waals surface area (Å²) < 4.78 is 5.23. The second-order valence-electron chi connectivity index (χ2n) is 4.70. The molecule has 1 atom stereocenters. The van der Waals surface area contributed by atoms with Crippen LogP contribution in [0.15, 0.2) is 18.2 Å². The molecular formula is C14H19N3O2. The van der Waals surface area contributed by atoms with Gasteiger partial charge >= 0.3 is 0 Å². The van der Waals surface area contributed by atoms with Crippen LogP contribution in [0.2, 0.25) is 0 Å². The lowest BCUT2D eigenvalue weighted by Gasteiger charge is -2.32. The molecule has 1 heterocycles. The van der Waals surface area contributed by atoms with Gasteiger partial charge in [-0.25, -0.2) is 0 Å². The van der Waals surface area contributed by atoms with Crippen LogP contribution in [0.3, 0.4) is 0 Å². The summed E-state index contributed by atoms with van der Waals surface area (Å²) in [6.45, 7) is 1.98. The Morgan fingerprint density at radius 1 is 1.58 bits per heavy atom. The number of nitrogens with one attached hydrogen (secondary N) is 2. The summed E-state index contributed by atoms with van der Waals surface area (Å²) in [6.07, 6.45) is 1.34. The van der Waals surface area contributed by atoms with Gasteiger partial charge in [0.25, 0.3) is 5.91 Å². The van der Waals surface area contributed by atoms with Gasteiger partial charge in [-0.1, -0.05) is 0 Å². The van der Waals surface area contributed by atoms with E-state index in [1.54, 1.807) is 12.0 Å². The fraction of sp³-hybridized carbons (Fsp3) is 0.429. The predicted molar refractivity (Wildman–Crippen MR) is 74.3 cm³/mol. The molecule has 0 spiro atoms. The highest BCUT2D eigenvalue weighted by Gasteiger charge is 2.29. The fourth-order valence-corrected chi connectivity index (χ4v) is 2.42. The Labute approximate surface area is 113 Å². The summed E-state index contributed by atoms with van der Waals surface area (Å²) in [5.74, 6) is 1.06. The average Bonchev–Trinajstić information content (AvgIpc) is 2.44. The molecule has 5 nitrogen and oxygen atoms in total. The van der Waals surface area contributed by atoms with Gasteiger partial charge in [-0.15, -0.1) is 0 Å². The molecule has 0 saturated carbocycles. The number of carbonyl (C=O) groups is 1. The van der Waals surface area contributed by atoms with Crippen molar-refractivity contribution in [3.63, 3.8) is 0 Å². The van der Waals surface area contributed by atoms with Crippen molar-refractivity contribution in [3.05, 3.63) is 29.3 Å². The van der Waals surface area contributed by atoms with E-state index >= 15 is 0 Å². The molecule has 1 aromatic carbocycles. The standard InChI is InChI=1S/C14H19N3O2/c1-17-9-10(8-16-6-5-15)13-7-11(19-2)3-4-12(13)14(17)18/h3-5,7,10,15-16H,6,8-9H2,1-2H3. The monoisotopic (exact) mass is 261 g/mol. The van der Waals surface area contributed by atoms with E-state index in [2.05, 4.69) is 5.32 Å². The first-order valence-electron chi connectivity index (χ1n) is 6.30. The van der Waals surface area contributed by atoms with Crippen molar-refractivity contribution in [1.82, 2.24) is 10.2 Å². The van der Waals surface area contributed by atoms with Gasteiger partial charge < -0.3 is 20.4 Å². The van der Waals surface area contributed by atoms with E-state index in [0.717, 1.165) is 23.4 Å². The zero-order valence-electron chi connectivity index (χ0n) is 11.3. The Bertz CT molecular complexity index is 488. The predicted octanol–water partition coefficient (Wildman–Crippen LogP) is 1.10. The van der Waals surface area contributed by atoms with Crippen molar-refractivity contribution in [2.45, 2.75) is 5.92 Å². The molecule has 0 radical (unpaired) electrons. The van der Waals surface area contributed by atoms with E-state index in [-0.39, 0.29) is 11.8 Å². The molecule has 1 amide bonds. The Morgan fingerprint density at radius 3 is 3.05 bits per heavy atom. The van der Waals surface area contributed by atoms with Gasteiger partial charge in [-0.3, -0.25) is 4.79 Å². The lowest BCUT2D eigenvalue weighted by molar-refractivity contribution is 0.0765. The number of likely N-dealkylation sites (N-methyl/N-ethyl adjacent to an activating group) is 1. The molecule has 1 unspecified atom stereocenters. The first-order valence-corrected chi connectivity index (χ1v) is 6.30. The zero-order chi connectivity index (χ0) is 13.8. The zero-order valence-corrected chi connectivity index (χ0v) is 11.3. The third-order valence-electron chi connectivity index (χ3n) is 3.41. The maximum absolute atomic E-state index is 12.1. The van der Waals surface area contributed by atoms with Crippen LogP contribution in [-0.2, 0) is 0 Å². The van der Waals surface area contributed by atoms with Crippen LogP contribution in [0.4, 0.5) is 0 Å². The number of rotatable bonds is 5. The molecule has 102 valence electrons. The fourth-order valence-electron chi connectivity index (χ4n) is 2.42. The number of benzene rings is 1. The van der Waals surface area contributed by atoms with Crippen LogP contribution in [0.5, 0.6) is 5.75 Å². The number of amides is 1. The lowest BCUT2D eigenvalue weighted by atomic mass is 9.89. The Hall–Kier alpha value is -1.88. The summed E-state index contributed by atoms with van der Waals surface area (Å²) in [6, 6.07) is 5.59. The first kappa shape index (κ1) is 13.5. The minimum Gasteiger partial charge on any atom is -0.497 e. The minimum atomic E-state index is 0.0564. The van der Waals surface area contributed by atoms with E-state index in [1.165, 1.54) is 6.21 Å². The molecule has 0 aliphatic carbocycles. The van der Waals surface area contributed by atoms with Crippen LogP contribution in [0.25, 0.3) is 0 Å². The lowest BCUT2D eigenvalue weighted by Crippen LogP contribution is -2.40. The summed E-state index contributed by atoms with van der Waals surface area (Å²) >= 11 is 0. The summed E-state index contributed by atoms with van der Waals surface area (Å²) in [5.41, 5.74) is 1.77. The quantitative estimate of drug-likeness (QED) is 0.616. The Balaban J connectivity index is 2.29. The second-order valence-corrected chi connectivity index (χ2v) is 4.70. The maximum Gasteiger partial charge on any atom is 0.253 e. The van der Waals surface area contributed by atoms with Crippen molar-refractivity contribution in [2.75, 3.05) is 33.8 Å². The van der Waals surface area contributed by atoms with E-state index in [1.807, 2.05) is 25.2 Å². The summed E-state index contributed by atoms with van der Waals surface area (Å²) in [4.78, 5) is 13.9. The third-order valence-corrected chi connectivity index (χ3v) is 3.41. The number of nitrogens with zero attached hydrogens (tertiary/aromatic N) is 1. The summed E-state index contributed by atoms with van der Waals surface area (Å²) in [5, 5.41) is 10.2. The Morgan fingerprint density at radius 2 is 2.37 bits per heavy atom. The number of ether oxygens (including phenoxy) is 1. The van der Waals surface area contributed by atoms with Crippen LogP contribution in [0.1, 0.15) is 21.8 Å². The van der Waals surface area contributed by atoms with E-state index in [4.69, 9.17) is 10.1 Å². The topological polar surface area (TPSA) is 65.4 Å². The molecule has 1 aromatic rings. The molecule has 0 fully saturated rings. The van der Waals surface area contributed by atoms with Crippen LogP contribution in [0, 0.1) is 5.41 Å². The molecule has 2 rings (SSSR count). The number of carbonyl (C=O) groups excluding carboxylic acids is 1. The molecular weight excluding hydrogens is 242 g/mol. The van der Waals surface area contributed by atoms with Crippen molar-refractivity contribution in [1.29, 1.82) is 5.41 Å². The first-order chi connectivity index (χ1) is 9.17. The normalized spacial score (nSPS) is 18.1. The molecule has 5 heteroatoms. The highest BCUT2D eigenvalue weighted by atomic mass is 16.5. The van der Waals surface area contributed by atoms with Gasteiger partial charge in [0.1, 0.15) is 5.75 Å². The van der Waals surface area contributed by atoms with Gasteiger partial charge in [-0.2, -0.15) is 0 Å². The van der Waals surface area contributed by atoms with E-state index < -0.39 is 0 Å². The van der Waals surface area contributed by atoms with E-state index in [0.29, 0.717) is 13.1 Å². The largest absolute Gasteiger partial charge is 0.497 e. The summed E-state index contributed by atoms with van der Waals surface area (Å²) in [7, 11) is 3.44. The highest BCUT2D eigenvalue weighted by molar-refractivity contribution is 5.97. The van der Waals surface area contributed by atoms with Gasteiger partial charge in [-0.05, 0) is 23.8 Å². The molecule has 19 heavy (non-hydrogen) atoms. The molecule has 0 saturated heterocycles. The van der Waals surface area contributed by atoms with Crippen molar-refractivity contribution in [2.24, 2.45) is 0 Å². The Kier molecular flexibility index (Phi) is 4.16. The molecule has 2 N–H and O–H groups in total. The molecule has 0 aromatic heterocycles. The van der Waals surface area contributed by atoms with Crippen LogP contribution in [-0.4, -0.2) is 50.8 Å². The number of methoxy groups -OCH3 is 1. The van der Waals surface area contributed by atoms with Crippen molar-refractivity contribution >= 4 is 12.1 Å². The van der Waals surface area contributed by atoms with Gasteiger partial charge in [0.05, 0.1) is 7.11 Å². The average molecular weight is 261 g/mol. The van der Waals surface area contributed by atoms with E-state index in [9.17, 15) is 4.79 Å². The van der Waals surface area contributed by atoms with Crippen LogP contribution >= 0.6 is 0 Å². The number of hydrogen-bond acceptors (Lipinski definition) is 4. The third kappa shape index (κ3) is 2.76. The van der Waals surface area contributed by atoms with Gasteiger partial charge in [0.2, 0.25) is 0 Å². The molecule has 0 bridgehead atoms. The number of fused-ring (bicyclic) bond motifs is 1.